The highest BCUT2D eigenvalue weighted by Gasteiger charge is 2.20. The number of amides is 1. The summed E-state index contributed by atoms with van der Waals surface area (Å²) in [4.78, 5) is 23.0. The van der Waals surface area contributed by atoms with E-state index in [0.29, 0.717) is 5.88 Å². The fourth-order valence-electron chi connectivity index (χ4n) is 3.57. The van der Waals surface area contributed by atoms with E-state index in [1.54, 1.807) is 27.6 Å². The molecule has 0 spiro atoms. The Morgan fingerprint density at radius 3 is 2.65 bits per heavy atom. The number of nitrogens with zero attached hydrogens (tertiary/aromatic N) is 7. The first-order valence-electron chi connectivity index (χ1n) is 9.99. The fourth-order valence-corrected chi connectivity index (χ4v) is 3.57. The molecule has 4 aromatic rings. The maximum absolute atomic E-state index is 12.8. The number of hydrogen-bond donors (Lipinski definition) is 0. The highest BCUT2D eigenvalue weighted by atomic mass is 16.5. The molecule has 3 heterocycles. The predicted octanol–water partition coefficient (Wildman–Crippen LogP) is 2.76. The lowest BCUT2D eigenvalue weighted by Crippen LogP contribution is -2.33. The molecule has 0 N–H and O–H groups in total. The van der Waals surface area contributed by atoms with E-state index >= 15 is 0 Å². The lowest BCUT2D eigenvalue weighted by Gasteiger charge is -2.25. The molecule has 9 heteroatoms. The number of benzene rings is 1. The second kappa shape index (κ2) is 8.17. The normalized spacial score (nSPS) is 12.2. The van der Waals surface area contributed by atoms with Crippen molar-refractivity contribution in [3.05, 3.63) is 59.8 Å². The molecule has 1 atom stereocenters. The summed E-state index contributed by atoms with van der Waals surface area (Å²) in [6.07, 6.45) is 3.14. The van der Waals surface area contributed by atoms with E-state index in [1.807, 2.05) is 58.2 Å². The first-order valence-corrected chi connectivity index (χ1v) is 9.99. The third-order valence-electron chi connectivity index (χ3n) is 5.45. The highest BCUT2D eigenvalue weighted by Crippen LogP contribution is 2.27. The monoisotopic (exact) mass is 419 g/mol. The second-order valence-electron chi connectivity index (χ2n) is 7.61. The van der Waals surface area contributed by atoms with Crippen LogP contribution in [0.3, 0.4) is 0 Å². The van der Waals surface area contributed by atoms with Gasteiger partial charge in [0.1, 0.15) is 12.7 Å². The summed E-state index contributed by atoms with van der Waals surface area (Å²) in [7, 11) is 3.59. The van der Waals surface area contributed by atoms with Gasteiger partial charge in [-0.2, -0.15) is 5.10 Å². The van der Waals surface area contributed by atoms with Crippen LogP contribution < -0.4 is 4.74 Å². The van der Waals surface area contributed by atoms with Gasteiger partial charge in [0.05, 0.1) is 17.1 Å². The van der Waals surface area contributed by atoms with Crippen molar-refractivity contribution in [1.29, 1.82) is 0 Å². The van der Waals surface area contributed by atoms with Gasteiger partial charge in [-0.3, -0.25) is 4.79 Å². The Morgan fingerprint density at radius 1 is 1.23 bits per heavy atom. The molecule has 0 bridgehead atoms. The Hall–Kier alpha value is -3.75. The van der Waals surface area contributed by atoms with Crippen molar-refractivity contribution >= 4 is 16.9 Å². The Morgan fingerprint density at radius 2 is 1.97 bits per heavy atom. The predicted molar refractivity (Wildman–Crippen MR) is 116 cm³/mol. The van der Waals surface area contributed by atoms with Crippen LogP contribution in [-0.4, -0.2) is 54.0 Å². The van der Waals surface area contributed by atoms with Crippen LogP contribution in [0, 0.1) is 13.8 Å². The zero-order valence-electron chi connectivity index (χ0n) is 18.3. The van der Waals surface area contributed by atoms with Gasteiger partial charge in [-0.25, -0.2) is 19.3 Å². The molecule has 4 rings (SSSR count). The fraction of sp³-hybridized carbons (Fsp3) is 0.318. The first kappa shape index (κ1) is 20.5. The van der Waals surface area contributed by atoms with Gasteiger partial charge >= 0.3 is 0 Å². The van der Waals surface area contributed by atoms with Crippen molar-refractivity contribution in [3.63, 3.8) is 0 Å². The number of hydrogen-bond acceptors (Lipinski definition) is 6. The van der Waals surface area contributed by atoms with E-state index in [1.165, 1.54) is 6.33 Å². The second-order valence-corrected chi connectivity index (χ2v) is 7.61. The number of aryl methyl sites for hydroxylation is 3. The van der Waals surface area contributed by atoms with Crippen molar-refractivity contribution in [1.82, 2.24) is 34.4 Å². The summed E-state index contributed by atoms with van der Waals surface area (Å²) < 4.78 is 9.18. The number of carbonyl (C=O) groups is 1. The molecule has 1 unspecified atom stereocenters. The molecule has 9 nitrogen and oxygen atoms in total. The van der Waals surface area contributed by atoms with E-state index in [9.17, 15) is 4.79 Å². The number of carbonyl (C=O) groups excluding carboxylic acids is 1. The van der Waals surface area contributed by atoms with Crippen LogP contribution in [0.5, 0.6) is 5.88 Å². The average Bonchev–Trinajstić information content (AvgIpc) is 3.40. The van der Waals surface area contributed by atoms with Crippen molar-refractivity contribution in [2.75, 3.05) is 13.7 Å². The minimum atomic E-state index is -0.135. The molecule has 160 valence electrons. The average molecular weight is 419 g/mol. The Kier molecular flexibility index (Phi) is 5.41. The number of rotatable bonds is 6. The van der Waals surface area contributed by atoms with Crippen molar-refractivity contribution in [2.45, 2.75) is 26.8 Å². The summed E-state index contributed by atoms with van der Waals surface area (Å²) in [5.41, 5.74) is 4.60. The van der Waals surface area contributed by atoms with Gasteiger partial charge in [-0.1, -0.05) is 12.1 Å². The topological polar surface area (TPSA) is 91.0 Å². The van der Waals surface area contributed by atoms with Crippen LogP contribution in [0.4, 0.5) is 0 Å². The molecule has 0 radical (unpaired) electrons. The minimum absolute atomic E-state index is 0.0999. The zero-order valence-corrected chi connectivity index (χ0v) is 18.3. The van der Waals surface area contributed by atoms with E-state index in [-0.39, 0.29) is 18.6 Å². The van der Waals surface area contributed by atoms with E-state index in [2.05, 4.69) is 20.2 Å². The van der Waals surface area contributed by atoms with Gasteiger partial charge in [-0.15, -0.1) is 5.10 Å². The summed E-state index contributed by atoms with van der Waals surface area (Å²) >= 11 is 0. The number of aromatic nitrogens is 6. The van der Waals surface area contributed by atoms with Gasteiger partial charge in [0.2, 0.25) is 5.88 Å². The van der Waals surface area contributed by atoms with Crippen LogP contribution in [-0.2, 0) is 11.8 Å². The van der Waals surface area contributed by atoms with Gasteiger partial charge in [0.15, 0.2) is 12.3 Å². The molecule has 0 aliphatic heterocycles. The van der Waals surface area contributed by atoms with Crippen LogP contribution in [0.2, 0.25) is 0 Å². The third kappa shape index (κ3) is 3.98. The minimum Gasteiger partial charge on any atom is -0.466 e. The molecule has 3 aromatic heterocycles. The zero-order chi connectivity index (χ0) is 22.1. The van der Waals surface area contributed by atoms with Gasteiger partial charge < -0.3 is 9.64 Å². The van der Waals surface area contributed by atoms with E-state index in [0.717, 1.165) is 33.5 Å². The van der Waals surface area contributed by atoms with E-state index in [4.69, 9.17) is 4.74 Å². The maximum Gasteiger partial charge on any atom is 0.260 e. The quantitative estimate of drug-likeness (QED) is 0.477. The third-order valence-corrected chi connectivity index (χ3v) is 5.45. The molecule has 0 fully saturated rings. The van der Waals surface area contributed by atoms with Crippen LogP contribution in [0.15, 0.2) is 43.0 Å². The lowest BCUT2D eigenvalue weighted by atomic mass is 10.1. The maximum atomic E-state index is 12.8. The molecule has 1 aromatic carbocycles. The van der Waals surface area contributed by atoms with E-state index < -0.39 is 0 Å². The molecule has 0 saturated carbocycles. The number of fused-ring (bicyclic) bond motifs is 1. The molecule has 0 saturated heterocycles. The number of pyridine rings is 1. The molecule has 0 aliphatic rings. The van der Waals surface area contributed by atoms with Gasteiger partial charge in [0.25, 0.3) is 5.91 Å². The molecule has 31 heavy (non-hydrogen) atoms. The van der Waals surface area contributed by atoms with Gasteiger partial charge in [-0.05, 0) is 50.1 Å². The molecule has 0 aliphatic carbocycles. The number of ether oxygens (including phenoxy) is 1. The largest absolute Gasteiger partial charge is 0.466 e. The molecular formula is C22H25N7O2. The summed E-state index contributed by atoms with van der Waals surface area (Å²) in [5, 5.41) is 9.37. The Labute approximate surface area is 180 Å². The standard InChI is InChI=1S/C22H25N7O2/c1-14-10-15(2)25-21-20(14)22(26-28(21)5)31-11-19(30)27(4)16(3)17-6-8-18(9-7-17)29-13-23-12-24-29/h6-10,12-13,16H,11H2,1-5H3. The SMILES string of the molecule is Cc1cc(C)c2c(OCC(=O)N(C)C(C)c3ccc(-n4cncn4)cc3)nn(C)c2n1. The smallest absolute Gasteiger partial charge is 0.260 e. The Balaban J connectivity index is 1.45. The summed E-state index contributed by atoms with van der Waals surface area (Å²) in [6.45, 7) is 5.82. The first-order chi connectivity index (χ1) is 14.8. The van der Waals surface area contributed by atoms with Crippen LogP contribution in [0.1, 0.15) is 29.8 Å². The number of likely N-dealkylation sites (N-methyl/N-ethyl adjacent to an activating group) is 1. The molecular weight excluding hydrogens is 394 g/mol. The van der Waals surface area contributed by atoms with Crippen LogP contribution in [0.25, 0.3) is 16.7 Å². The lowest BCUT2D eigenvalue weighted by molar-refractivity contribution is -0.134. The van der Waals surface area contributed by atoms with Crippen molar-refractivity contribution in [2.24, 2.45) is 7.05 Å². The van der Waals surface area contributed by atoms with Crippen molar-refractivity contribution < 1.29 is 9.53 Å². The molecule has 1 amide bonds. The summed E-state index contributed by atoms with van der Waals surface area (Å²) in [6, 6.07) is 9.73. The van der Waals surface area contributed by atoms with Crippen molar-refractivity contribution in [3.8, 4) is 11.6 Å². The highest BCUT2D eigenvalue weighted by molar-refractivity contribution is 5.85. The van der Waals surface area contributed by atoms with Crippen LogP contribution >= 0.6 is 0 Å². The summed E-state index contributed by atoms with van der Waals surface area (Å²) in [5.74, 6) is 0.290. The van der Waals surface area contributed by atoms with Gasteiger partial charge in [0, 0.05) is 19.8 Å². The Bertz CT molecular complexity index is 1210.